The Morgan fingerprint density at radius 1 is 0.816 bits per heavy atom. The molecule has 38 heavy (non-hydrogen) atoms. The zero-order valence-electron chi connectivity index (χ0n) is 22.6. The van der Waals surface area contributed by atoms with Gasteiger partial charge in [0.05, 0.1) is 7.11 Å². The van der Waals surface area contributed by atoms with Gasteiger partial charge in [0.15, 0.2) is 0 Å². The minimum Gasteiger partial charge on any atom is -0.496 e. The van der Waals surface area contributed by atoms with Crippen LogP contribution in [0.5, 0.6) is 5.75 Å². The summed E-state index contributed by atoms with van der Waals surface area (Å²) in [5.74, 6) is 2.56. The Balaban J connectivity index is 0.00000180. The van der Waals surface area contributed by atoms with E-state index in [-0.39, 0.29) is 35.8 Å². The van der Waals surface area contributed by atoms with E-state index in [2.05, 4.69) is 103 Å². The van der Waals surface area contributed by atoms with Crippen LogP contribution in [0.15, 0.2) is 78.9 Å². The Hall–Kier alpha value is -2.12. The average molecular weight is 564 g/mol. The van der Waals surface area contributed by atoms with Crippen molar-refractivity contribution in [2.45, 2.75) is 57.2 Å². The third-order valence-corrected chi connectivity index (χ3v) is 8.03. The van der Waals surface area contributed by atoms with Crippen LogP contribution >= 0.6 is 24.8 Å². The Morgan fingerprint density at radius 2 is 1.37 bits per heavy atom. The Morgan fingerprint density at radius 3 is 1.87 bits per heavy atom. The minimum absolute atomic E-state index is 0. The Kier molecular flexibility index (Phi) is 13.8. The van der Waals surface area contributed by atoms with Crippen molar-refractivity contribution in [1.29, 1.82) is 0 Å². The minimum atomic E-state index is 0. The van der Waals surface area contributed by atoms with E-state index in [1.165, 1.54) is 48.2 Å². The molecule has 0 aliphatic carbocycles. The van der Waals surface area contributed by atoms with Crippen LogP contribution in [-0.2, 0) is 6.54 Å². The predicted molar refractivity (Wildman–Crippen MR) is 162 cm³/mol. The van der Waals surface area contributed by atoms with Gasteiger partial charge in [0.1, 0.15) is 5.75 Å². The normalized spacial score (nSPS) is 21.5. The molecule has 3 aromatic rings. The van der Waals surface area contributed by atoms with Crippen LogP contribution in [0.4, 0.5) is 0 Å². The lowest BCUT2D eigenvalue weighted by Crippen LogP contribution is -2.64. The summed E-state index contributed by atoms with van der Waals surface area (Å²) in [7, 11) is 1.78. The predicted octanol–water partition coefficient (Wildman–Crippen LogP) is 5.40. The smallest absolute Gasteiger partial charge is 0.123 e. The van der Waals surface area contributed by atoms with Crippen LogP contribution in [0.1, 0.15) is 60.8 Å². The largest absolute Gasteiger partial charge is 0.496 e. The number of rotatable bonds is 8. The van der Waals surface area contributed by atoms with E-state index in [0.717, 1.165) is 12.3 Å². The molecular formula is C31H44Cl2N2O3. The molecule has 5 N–H and O–H groups in total. The molecule has 5 nitrogen and oxygen atoms in total. The summed E-state index contributed by atoms with van der Waals surface area (Å²) in [5, 5.41) is 4.06. The highest BCUT2D eigenvalue weighted by Crippen LogP contribution is 2.42. The van der Waals surface area contributed by atoms with Crippen LogP contribution in [-0.4, -0.2) is 48.1 Å². The van der Waals surface area contributed by atoms with Gasteiger partial charge in [0.25, 0.3) is 0 Å². The fraction of sp³-hybridized carbons (Fsp3) is 0.419. The number of benzene rings is 3. The Bertz CT molecular complexity index is 1040. The summed E-state index contributed by atoms with van der Waals surface area (Å²) >= 11 is 0. The van der Waals surface area contributed by atoms with Gasteiger partial charge in [-0.1, -0.05) is 86.6 Å². The average Bonchev–Trinajstić information content (AvgIpc) is 2.89. The van der Waals surface area contributed by atoms with Crippen molar-refractivity contribution in [2.24, 2.45) is 5.92 Å². The molecule has 2 atom stereocenters. The molecule has 0 radical (unpaired) electrons. The Labute approximate surface area is 240 Å². The third-order valence-electron chi connectivity index (χ3n) is 8.03. The van der Waals surface area contributed by atoms with Crippen molar-refractivity contribution in [3.63, 3.8) is 0 Å². The molecule has 2 bridgehead atoms. The molecule has 7 heteroatoms. The van der Waals surface area contributed by atoms with Gasteiger partial charge in [-0.2, -0.15) is 0 Å². The number of ether oxygens (including phenoxy) is 1. The fourth-order valence-corrected chi connectivity index (χ4v) is 6.22. The monoisotopic (exact) mass is 562 g/mol. The standard InChI is InChI=1S/C31H38N2O.2ClH.2H2O/c1-22(2)26-14-15-28(34-3)27(20-26)21-32-30-25-16-18-33(19-17-25)31(30)29(23-10-6-4-7-11-23)24-12-8-5-9-13-24;;;;/h4-15,20,22,25,29-32H,16-19,21H2,1-3H3;2*1H;2*1H2/t30-,31-;;;;/m0..../s1. The van der Waals surface area contributed by atoms with Gasteiger partial charge in [-0.15, -0.1) is 24.8 Å². The van der Waals surface area contributed by atoms with E-state index in [4.69, 9.17) is 4.74 Å². The first-order valence-electron chi connectivity index (χ1n) is 12.9. The van der Waals surface area contributed by atoms with E-state index in [1.54, 1.807) is 7.11 Å². The summed E-state index contributed by atoms with van der Waals surface area (Å²) in [5.41, 5.74) is 5.46. The molecule has 3 heterocycles. The zero-order valence-corrected chi connectivity index (χ0v) is 24.2. The van der Waals surface area contributed by atoms with Crippen LogP contribution in [0.3, 0.4) is 0 Å². The maximum absolute atomic E-state index is 5.74. The molecule has 3 aliphatic heterocycles. The van der Waals surface area contributed by atoms with Crippen molar-refractivity contribution in [1.82, 2.24) is 10.2 Å². The van der Waals surface area contributed by atoms with Gasteiger partial charge in [0.2, 0.25) is 0 Å². The first kappa shape index (κ1) is 33.9. The molecule has 210 valence electrons. The number of methoxy groups -OCH3 is 1. The summed E-state index contributed by atoms with van der Waals surface area (Å²) in [6.07, 6.45) is 2.57. The molecule has 0 spiro atoms. The summed E-state index contributed by atoms with van der Waals surface area (Å²) in [4.78, 5) is 2.75. The van der Waals surface area contributed by atoms with Crippen LogP contribution in [0, 0.1) is 5.92 Å². The lowest BCUT2D eigenvalue weighted by atomic mass is 9.70. The highest BCUT2D eigenvalue weighted by molar-refractivity contribution is 5.85. The van der Waals surface area contributed by atoms with Gasteiger partial charge in [-0.3, -0.25) is 4.90 Å². The van der Waals surface area contributed by atoms with Crippen LogP contribution in [0.25, 0.3) is 0 Å². The number of nitrogens with one attached hydrogen (secondary N) is 1. The van der Waals surface area contributed by atoms with E-state index in [0.29, 0.717) is 29.8 Å². The lowest BCUT2D eigenvalue weighted by molar-refractivity contribution is 0.00462. The molecule has 0 aromatic heterocycles. The third kappa shape index (κ3) is 7.09. The van der Waals surface area contributed by atoms with Crippen molar-refractivity contribution < 1.29 is 15.7 Å². The van der Waals surface area contributed by atoms with Crippen LogP contribution < -0.4 is 10.1 Å². The number of hydrogen-bond acceptors (Lipinski definition) is 3. The maximum Gasteiger partial charge on any atom is 0.123 e. The number of halogens is 2. The molecular weight excluding hydrogens is 519 g/mol. The first-order chi connectivity index (χ1) is 16.7. The second kappa shape index (κ2) is 15.5. The van der Waals surface area contributed by atoms with Gasteiger partial charge >= 0.3 is 0 Å². The number of nitrogens with zero attached hydrogens (tertiary/aromatic N) is 1. The molecule has 3 fully saturated rings. The topological polar surface area (TPSA) is 87.5 Å². The van der Waals surface area contributed by atoms with Gasteiger partial charge < -0.3 is 21.0 Å². The SMILES string of the molecule is COc1ccc(C(C)C)cc1CN[C@H]1C2CCN(CC2)[C@H]1C(c1ccccc1)c1ccccc1.Cl.Cl.O.O. The quantitative estimate of drug-likeness (QED) is 0.398. The molecule has 3 aliphatic rings. The van der Waals surface area contributed by atoms with Crippen molar-refractivity contribution in [3.8, 4) is 5.75 Å². The zero-order chi connectivity index (χ0) is 23.5. The van der Waals surface area contributed by atoms with E-state index in [1.807, 2.05) is 0 Å². The molecule has 0 saturated carbocycles. The highest BCUT2D eigenvalue weighted by Gasteiger charge is 2.46. The van der Waals surface area contributed by atoms with E-state index < -0.39 is 0 Å². The summed E-state index contributed by atoms with van der Waals surface area (Å²) in [6, 6.07) is 29.8. The summed E-state index contributed by atoms with van der Waals surface area (Å²) in [6.45, 7) is 7.76. The van der Waals surface area contributed by atoms with E-state index in [9.17, 15) is 0 Å². The molecule has 3 saturated heterocycles. The highest BCUT2D eigenvalue weighted by atomic mass is 35.5. The van der Waals surface area contributed by atoms with Gasteiger partial charge in [0, 0.05) is 30.1 Å². The van der Waals surface area contributed by atoms with Gasteiger partial charge in [-0.25, -0.2) is 0 Å². The first-order valence-corrected chi connectivity index (χ1v) is 12.9. The number of hydrogen-bond donors (Lipinski definition) is 1. The van der Waals surface area contributed by atoms with E-state index >= 15 is 0 Å². The van der Waals surface area contributed by atoms with Crippen molar-refractivity contribution in [3.05, 3.63) is 101 Å². The van der Waals surface area contributed by atoms with Crippen molar-refractivity contribution >= 4 is 24.8 Å². The lowest BCUT2D eigenvalue weighted by Gasteiger charge is -2.54. The molecule has 6 rings (SSSR count). The number of fused-ring (bicyclic) bond motifs is 3. The fourth-order valence-electron chi connectivity index (χ4n) is 6.22. The second-order valence-electron chi connectivity index (χ2n) is 10.3. The van der Waals surface area contributed by atoms with Crippen LogP contribution in [0.2, 0.25) is 0 Å². The summed E-state index contributed by atoms with van der Waals surface area (Å²) < 4.78 is 5.74. The number of piperidine rings is 3. The second-order valence-corrected chi connectivity index (χ2v) is 10.3. The molecule has 0 amide bonds. The molecule has 3 aromatic carbocycles. The van der Waals surface area contributed by atoms with Crippen molar-refractivity contribution in [2.75, 3.05) is 20.2 Å². The molecule has 0 unspecified atom stereocenters. The van der Waals surface area contributed by atoms with Gasteiger partial charge in [-0.05, 0) is 60.5 Å². The maximum atomic E-state index is 5.74.